The molecule has 3 rings (SSSR count). The van der Waals surface area contributed by atoms with Gasteiger partial charge >= 0.3 is 5.97 Å². The minimum atomic E-state index is -1.25. The highest BCUT2D eigenvalue weighted by Crippen LogP contribution is 2.45. The quantitative estimate of drug-likeness (QED) is 0.0750. The molecule has 0 radical (unpaired) electrons. The van der Waals surface area contributed by atoms with Gasteiger partial charge in [0.15, 0.2) is 6.29 Å². The summed E-state index contributed by atoms with van der Waals surface area (Å²) in [5.41, 5.74) is 3.20. The van der Waals surface area contributed by atoms with Gasteiger partial charge in [-0.05, 0) is 99.0 Å². The van der Waals surface area contributed by atoms with Crippen molar-refractivity contribution in [3.8, 4) is 0 Å². The van der Waals surface area contributed by atoms with Crippen molar-refractivity contribution in [2.45, 2.75) is 96.2 Å². The molecule has 224 valence electrons. The zero-order chi connectivity index (χ0) is 28.9. The summed E-state index contributed by atoms with van der Waals surface area (Å²) < 4.78 is 11.0. The molecular formula is C34H52O6. The van der Waals surface area contributed by atoms with E-state index in [2.05, 4.69) is 44.3 Å². The van der Waals surface area contributed by atoms with Crippen LogP contribution in [0, 0.1) is 23.7 Å². The number of hydrogen-bond acceptors (Lipinski definition) is 6. The van der Waals surface area contributed by atoms with E-state index in [9.17, 15) is 20.1 Å². The third kappa shape index (κ3) is 9.83. The second-order valence-electron chi connectivity index (χ2n) is 12.1. The third-order valence-electron chi connectivity index (χ3n) is 9.37. The summed E-state index contributed by atoms with van der Waals surface area (Å²) in [5.74, 6) is 1.81. The molecule has 2 aliphatic carbocycles. The minimum absolute atomic E-state index is 0.0237. The Balaban J connectivity index is 1.47. The topological polar surface area (TPSA) is 96.2 Å². The number of ether oxygens (including phenoxy) is 2. The van der Waals surface area contributed by atoms with Gasteiger partial charge in [-0.3, -0.25) is 0 Å². The molecule has 2 fully saturated rings. The maximum Gasteiger partial charge on any atom is 0.335 e. The summed E-state index contributed by atoms with van der Waals surface area (Å²) in [6, 6.07) is 9.42. The number of aliphatic hydroxyl groups is 3. The fourth-order valence-corrected chi connectivity index (χ4v) is 6.63. The van der Waals surface area contributed by atoms with Crippen LogP contribution in [0.4, 0.5) is 0 Å². The summed E-state index contributed by atoms with van der Waals surface area (Å²) in [5, 5.41) is 28.5. The van der Waals surface area contributed by atoms with Crippen LogP contribution in [0.5, 0.6) is 0 Å². The van der Waals surface area contributed by atoms with Gasteiger partial charge in [0, 0.05) is 11.5 Å². The van der Waals surface area contributed by atoms with Crippen molar-refractivity contribution < 1.29 is 29.6 Å². The van der Waals surface area contributed by atoms with E-state index in [0.717, 1.165) is 37.5 Å². The molecule has 2 atom stereocenters. The van der Waals surface area contributed by atoms with Crippen LogP contribution in [-0.4, -0.2) is 54.0 Å². The Hall–Kier alpha value is -1.99. The number of aryl methyl sites for hydroxylation is 1. The molecule has 40 heavy (non-hydrogen) atoms. The summed E-state index contributed by atoms with van der Waals surface area (Å²) in [6.45, 7) is 8.98. The molecule has 2 unspecified atom stereocenters. The number of esters is 1. The SMILES string of the molecule is C=C(CO)C(=O)OCC(COC(O)C(=C)CO)C1CCC(C2CCC(c3ccc(CCCCC)cc3)CC2)CC1. The first kappa shape index (κ1) is 32.5. The summed E-state index contributed by atoms with van der Waals surface area (Å²) >= 11 is 0. The normalized spacial score (nSPS) is 24.7. The van der Waals surface area contributed by atoms with Gasteiger partial charge in [0.25, 0.3) is 0 Å². The molecule has 0 amide bonds. The van der Waals surface area contributed by atoms with Crippen LogP contribution in [0.2, 0.25) is 0 Å². The van der Waals surface area contributed by atoms with Crippen molar-refractivity contribution in [2.24, 2.45) is 23.7 Å². The fraction of sp³-hybridized carbons (Fsp3) is 0.676. The number of hydrogen-bond donors (Lipinski definition) is 3. The molecule has 6 nitrogen and oxygen atoms in total. The Morgan fingerprint density at radius 3 is 2.10 bits per heavy atom. The summed E-state index contributed by atoms with van der Waals surface area (Å²) in [7, 11) is 0. The minimum Gasteiger partial charge on any atom is -0.462 e. The maximum absolute atomic E-state index is 12.1. The van der Waals surface area contributed by atoms with E-state index in [0.29, 0.717) is 11.8 Å². The van der Waals surface area contributed by atoms with Crippen LogP contribution in [0.15, 0.2) is 48.6 Å². The van der Waals surface area contributed by atoms with Crippen molar-refractivity contribution in [3.63, 3.8) is 0 Å². The number of carbonyl (C=O) groups excluding carboxylic acids is 1. The maximum atomic E-state index is 12.1. The zero-order valence-electron chi connectivity index (χ0n) is 24.6. The molecule has 2 aliphatic rings. The van der Waals surface area contributed by atoms with Crippen LogP contribution in [0.25, 0.3) is 0 Å². The van der Waals surface area contributed by atoms with Gasteiger partial charge in [-0.1, -0.05) is 57.2 Å². The molecule has 0 aliphatic heterocycles. The average molecular weight is 557 g/mol. The van der Waals surface area contributed by atoms with E-state index >= 15 is 0 Å². The van der Waals surface area contributed by atoms with Crippen molar-refractivity contribution in [3.05, 3.63) is 59.7 Å². The lowest BCUT2D eigenvalue weighted by molar-refractivity contribution is -0.145. The van der Waals surface area contributed by atoms with Crippen LogP contribution in [0.1, 0.15) is 94.6 Å². The first-order valence-corrected chi connectivity index (χ1v) is 15.5. The molecule has 0 bridgehead atoms. The Kier molecular flexibility index (Phi) is 13.9. The molecule has 1 aromatic rings. The van der Waals surface area contributed by atoms with E-state index in [4.69, 9.17) is 9.47 Å². The lowest BCUT2D eigenvalue weighted by Gasteiger charge is -2.40. The Morgan fingerprint density at radius 2 is 1.52 bits per heavy atom. The van der Waals surface area contributed by atoms with E-state index in [1.165, 1.54) is 62.5 Å². The van der Waals surface area contributed by atoms with Gasteiger partial charge in [0.1, 0.15) is 0 Å². The summed E-state index contributed by atoms with van der Waals surface area (Å²) in [6.07, 6.45) is 13.3. The number of rotatable bonds is 16. The second kappa shape index (κ2) is 17.1. The number of unbranched alkanes of at least 4 members (excludes halogenated alkanes) is 2. The van der Waals surface area contributed by atoms with Crippen molar-refractivity contribution in [2.75, 3.05) is 26.4 Å². The third-order valence-corrected chi connectivity index (χ3v) is 9.37. The van der Waals surface area contributed by atoms with Gasteiger partial charge in [-0.2, -0.15) is 0 Å². The average Bonchev–Trinajstić information content (AvgIpc) is 3.00. The molecular weight excluding hydrogens is 504 g/mol. The van der Waals surface area contributed by atoms with Crippen LogP contribution in [-0.2, 0) is 20.7 Å². The predicted molar refractivity (Wildman–Crippen MR) is 159 cm³/mol. The molecule has 0 heterocycles. The van der Waals surface area contributed by atoms with Crippen molar-refractivity contribution >= 4 is 5.97 Å². The van der Waals surface area contributed by atoms with Gasteiger partial charge in [0.05, 0.1) is 32.0 Å². The van der Waals surface area contributed by atoms with Gasteiger partial charge in [-0.25, -0.2) is 4.79 Å². The monoisotopic (exact) mass is 556 g/mol. The highest BCUT2D eigenvalue weighted by Gasteiger charge is 2.34. The largest absolute Gasteiger partial charge is 0.462 e. The van der Waals surface area contributed by atoms with Gasteiger partial charge < -0.3 is 24.8 Å². The molecule has 3 N–H and O–H groups in total. The Bertz CT molecular complexity index is 909. The Labute approximate surface area is 241 Å². The molecule has 2 saturated carbocycles. The van der Waals surface area contributed by atoms with Gasteiger partial charge in [-0.15, -0.1) is 0 Å². The van der Waals surface area contributed by atoms with E-state index in [1.54, 1.807) is 0 Å². The number of carbonyl (C=O) groups is 1. The van der Waals surface area contributed by atoms with E-state index in [1.807, 2.05) is 0 Å². The van der Waals surface area contributed by atoms with Crippen molar-refractivity contribution in [1.29, 1.82) is 0 Å². The standard InChI is InChI=1S/C34H52O6/c1-4-5-6-7-26-8-10-27(11-9-26)28-12-14-29(15-13-28)30-16-18-31(19-17-30)32(22-39-33(37)24(2)20-35)23-40-34(38)25(3)21-36/h8-11,28-33,35-37H,2-7,12-23H2,1H3. The smallest absolute Gasteiger partial charge is 0.335 e. The fourth-order valence-electron chi connectivity index (χ4n) is 6.63. The molecule has 1 aromatic carbocycles. The highest BCUT2D eigenvalue weighted by atomic mass is 16.6. The second-order valence-corrected chi connectivity index (χ2v) is 12.1. The highest BCUT2D eigenvalue weighted by molar-refractivity contribution is 5.87. The van der Waals surface area contributed by atoms with Crippen molar-refractivity contribution in [1.82, 2.24) is 0 Å². The molecule has 0 spiro atoms. The zero-order valence-corrected chi connectivity index (χ0v) is 24.6. The molecule has 6 heteroatoms. The number of benzene rings is 1. The molecule has 0 aromatic heterocycles. The lowest BCUT2D eigenvalue weighted by Crippen LogP contribution is -2.33. The van der Waals surface area contributed by atoms with E-state index in [-0.39, 0.29) is 36.9 Å². The van der Waals surface area contributed by atoms with Crippen LogP contribution < -0.4 is 0 Å². The predicted octanol–water partition coefficient (Wildman–Crippen LogP) is 6.09. The Morgan fingerprint density at radius 1 is 0.900 bits per heavy atom. The van der Waals surface area contributed by atoms with Gasteiger partial charge in [0.2, 0.25) is 0 Å². The molecule has 0 saturated heterocycles. The van der Waals surface area contributed by atoms with Crippen LogP contribution >= 0.6 is 0 Å². The first-order valence-electron chi connectivity index (χ1n) is 15.5. The first-order chi connectivity index (χ1) is 19.4. The lowest BCUT2D eigenvalue weighted by atomic mass is 9.67. The van der Waals surface area contributed by atoms with Crippen LogP contribution in [0.3, 0.4) is 0 Å². The van der Waals surface area contributed by atoms with E-state index < -0.39 is 18.9 Å². The summed E-state index contributed by atoms with van der Waals surface area (Å²) in [4.78, 5) is 12.1. The number of aliphatic hydroxyl groups excluding tert-OH is 3.